The summed E-state index contributed by atoms with van der Waals surface area (Å²) in [6.45, 7) is 2.25. The van der Waals surface area contributed by atoms with Gasteiger partial charge in [-0.05, 0) is 31.6 Å². The molecule has 1 heterocycles. The van der Waals surface area contributed by atoms with Crippen molar-refractivity contribution in [2.75, 3.05) is 5.32 Å². The fourth-order valence-corrected chi connectivity index (χ4v) is 2.36. The SMILES string of the molecule is CCC1CCC(Nc2ncc[nH]c2=O)CC1. The second-order valence-corrected chi connectivity index (χ2v) is 4.54. The number of hydrogen-bond acceptors (Lipinski definition) is 3. The molecule has 1 aromatic heterocycles. The number of anilines is 1. The number of rotatable bonds is 3. The summed E-state index contributed by atoms with van der Waals surface area (Å²) in [7, 11) is 0. The summed E-state index contributed by atoms with van der Waals surface area (Å²) in [5.74, 6) is 1.34. The molecule has 1 fully saturated rings. The highest BCUT2D eigenvalue weighted by molar-refractivity contribution is 5.31. The Morgan fingerprint density at radius 3 is 2.81 bits per heavy atom. The first-order valence-electron chi connectivity index (χ1n) is 6.09. The zero-order chi connectivity index (χ0) is 11.4. The molecule has 1 aliphatic rings. The molecular weight excluding hydrogens is 202 g/mol. The van der Waals surface area contributed by atoms with E-state index in [4.69, 9.17) is 0 Å². The van der Waals surface area contributed by atoms with Crippen LogP contribution in [0.25, 0.3) is 0 Å². The van der Waals surface area contributed by atoms with E-state index in [2.05, 4.69) is 22.2 Å². The van der Waals surface area contributed by atoms with E-state index < -0.39 is 0 Å². The van der Waals surface area contributed by atoms with Crippen molar-refractivity contribution in [2.45, 2.75) is 45.1 Å². The summed E-state index contributed by atoms with van der Waals surface area (Å²) in [6, 6.07) is 0.416. The van der Waals surface area contributed by atoms with Gasteiger partial charge in [-0.15, -0.1) is 0 Å². The summed E-state index contributed by atoms with van der Waals surface area (Å²) < 4.78 is 0. The fourth-order valence-electron chi connectivity index (χ4n) is 2.36. The molecule has 88 valence electrons. The molecule has 0 saturated heterocycles. The zero-order valence-corrected chi connectivity index (χ0v) is 9.70. The Morgan fingerprint density at radius 1 is 1.44 bits per heavy atom. The van der Waals surface area contributed by atoms with Crippen LogP contribution in [0.2, 0.25) is 0 Å². The second-order valence-electron chi connectivity index (χ2n) is 4.54. The van der Waals surface area contributed by atoms with Crippen LogP contribution in [-0.2, 0) is 0 Å². The standard InChI is InChI=1S/C12H19N3O/c1-2-9-3-5-10(6-4-9)15-11-12(16)14-8-7-13-11/h7-10H,2-6H2,1H3,(H,13,15)(H,14,16). The van der Waals surface area contributed by atoms with E-state index in [0.29, 0.717) is 11.9 Å². The van der Waals surface area contributed by atoms with Gasteiger partial charge in [0.25, 0.3) is 5.56 Å². The van der Waals surface area contributed by atoms with Crippen molar-refractivity contribution in [2.24, 2.45) is 5.92 Å². The molecule has 4 nitrogen and oxygen atoms in total. The van der Waals surface area contributed by atoms with Gasteiger partial charge in [-0.25, -0.2) is 4.98 Å². The van der Waals surface area contributed by atoms with E-state index in [-0.39, 0.29) is 5.56 Å². The van der Waals surface area contributed by atoms with Gasteiger partial charge in [-0.2, -0.15) is 0 Å². The maximum Gasteiger partial charge on any atom is 0.290 e. The van der Waals surface area contributed by atoms with E-state index in [1.165, 1.54) is 19.3 Å². The first kappa shape index (κ1) is 11.2. The molecule has 4 heteroatoms. The van der Waals surface area contributed by atoms with Crippen molar-refractivity contribution in [1.29, 1.82) is 0 Å². The Kier molecular flexibility index (Phi) is 3.59. The number of H-pyrrole nitrogens is 1. The van der Waals surface area contributed by atoms with Gasteiger partial charge in [0.2, 0.25) is 0 Å². The van der Waals surface area contributed by atoms with E-state index >= 15 is 0 Å². The van der Waals surface area contributed by atoms with Crippen LogP contribution in [0.4, 0.5) is 5.82 Å². The molecule has 2 N–H and O–H groups in total. The molecule has 0 aliphatic heterocycles. The Balaban J connectivity index is 1.92. The smallest absolute Gasteiger partial charge is 0.290 e. The van der Waals surface area contributed by atoms with Crippen LogP contribution in [-0.4, -0.2) is 16.0 Å². The number of hydrogen-bond donors (Lipinski definition) is 2. The average molecular weight is 221 g/mol. The lowest BCUT2D eigenvalue weighted by Crippen LogP contribution is -2.29. The Labute approximate surface area is 95.5 Å². The van der Waals surface area contributed by atoms with Gasteiger partial charge in [-0.1, -0.05) is 13.3 Å². The monoisotopic (exact) mass is 221 g/mol. The summed E-state index contributed by atoms with van der Waals surface area (Å²) in [5.41, 5.74) is -0.125. The van der Waals surface area contributed by atoms with Gasteiger partial charge in [0.05, 0.1) is 0 Å². The van der Waals surface area contributed by atoms with Crippen LogP contribution < -0.4 is 10.9 Å². The van der Waals surface area contributed by atoms with E-state index in [1.807, 2.05) is 0 Å². The van der Waals surface area contributed by atoms with Crippen molar-refractivity contribution in [3.05, 3.63) is 22.7 Å². The van der Waals surface area contributed by atoms with Crippen molar-refractivity contribution >= 4 is 5.82 Å². The lowest BCUT2D eigenvalue weighted by molar-refractivity contribution is 0.329. The quantitative estimate of drug-likeness (QED) is 0.822. The van der Waals surface area contributed by atoms with Crippen LogP contribution in [0.15, 0.2) is 17.2 Å². The molecule has 0 atom stereocenters. The zero-order valence-electron chi connectivity index (χ0n) is 9.70. The average Bonchev–Trinajstić information content (AvgIpc) is 2.33. The van der Waals surface area contributed by atoms with Crippen LogP contribution in [0, 0.1) is 5.92 Å². The molecule has 1 aliphatic carbocycles. The molecule has 16 heavy (non-hydrogen) atoms. The molecule has 0 spiro atoms. The first-order chi connectivity index (χ1) is 7.79. The Bertz CT molecular complexity index is 380. The Morgan fingerprint density at radius 2 is 2.19 bits per heavy atom. The van der Waals surface area contributed by atoms with Gasteiger partial charge in [0.1, 0.15) is 0 Å². The third kappa shape index (κ3) is 2.62. The summed E-state index contributed by atoms with van der Waals surface area (Å²) in [5, 5.41) is 3.24. The highest BCUT2D eigenvalue weighted by Crippen LogP contribution is 2.27. The predicted octanol–water partition coefficient (Wildman–Crippen LogP) is 2.15. The Hall–Kier alpha value is -1.32. The van der Waals surface area contributed by atoms with E-state index in [0.717, 1.165) is 18.8 Å². The van der Waals surface area contributed by atoms with E-state index in [1.54, 1.807) is 12.4 Å². The van der Waals surface area contributed by atoms with Gasteiger partial charge >= 0.3 is 0 Å². The minimum atomic E-state index is -0.125. The summed E-state index contributed by atoms with van der Waals surface area (Å²) in [4.78, 5) is 18.1. The molecule has 2 rings (SSSR count). The van der Waals surface area contributed by atoms with Crippen molar-refractivity contribution in [3.8, 4) is 0 Å². The van der Waals surface area contributed by atoms with Crippen LogP contribution >= 0.6 is 0 Å². The van der Waals surface area contributed by atoms with Crippen molar-refractivity contribution in [1.82, 2.24) is 9.97 Å². The van der Waals surface area contributed by atoms with Gasteiger partial charge < -0.3 is 10.3 Å². The van der Waals surface area contributed by atoms with Crippen molar-refractivity contribution in [3.63, 3.8) is 0 Å². The van der Waals surface area contributed by atoms with Gasteiger partial charge in [0, 0.05) is 18.4 Å². The van der Waals surface area contributed by atoms with Crippen LogP contribution in [0.1, 0.15) is 39.0 Å². The van der Waals surface area contributed by atoms with E-state index in [9.17, 15) is 4.79 Å². The number of aromatic amines is 1. The fraction of sp³-hybridized carbons (Fsp3) is 0.667. The third-order valence-corrected chi connectivity index (χ3v) is 3.47. The molecule has 0 amide bonds. The van der Waals surface area contributed by atoms with Crippen LogP contribution in [0.5, 0.6) is 0 Å². The number of nitrogens with zero attached hydrogens (tertiary/aromatic N) is 1. The largest absolute Gasteiger partial charge is 0.363 e. The highest BCUT2D eigenvalue weighted by Gasteiger charge is 2.20. The lowest BCUT2D eigenvalue weighted by atomic mass is 9.84. The van der Waals surface area contributed by atoms with Gasteiger partial charge in [-0.3, -0.25) is 4.79 Å². The topological polar surface area (TPSA) is 57.8 Å². The lowest BCUT2D eigenvalue weighted by Gasteiger charge is -2.28. The normalized spacial score (nSPS) is 25.3. The minimum absolute atomic E-state index is 0.125. The summed E-state index contributed by atoms with van der Waals surface area (Å²) >= 11 is 0. The summed E-state index contributed by atoms with van der Waals surface area (Å²) in [6.07, 6.45) is 9.26. The second kappa shape index (κ2) is 5.14. The maximum absolute atomic E-state index is 11.4. The molecule has 1 saturated carbocycles. The maximum atomic E-state index is 11.4. The molecular formula is C12H19N3O. The molecule has 0 bridgehead atoms. The third-order valence-electron chi connectivity index (χ3n) is 3.47. The van der Waals surface area contributed by atoms with Gasteiger partial charge in [0.15, 0.2) is 5.82 Å². The molecule has 1 aromatic rings. The first-order valence-corrected chi connectivity index (χ1v) is 6.09. The van der Waals surface area contributed by atoms with Crippen LogP contribution in [0.3, 0.4) is 0 Å². The number of aromatic nitrogens is 2. The van der Waals surface area contributed by atoms with Crippen molar-refractivity contribution < 1.29 is 0 Å². The number of nitrogens with one attached hydrogen (secondary N) is 2. The predicted molar refractivity (Wildman–Crippen MR) is 64.5 cm³/mol. The minimum Gasteiger partial charge on any atom is -0.363 e. The molecule has 0 radical (unpaired) electrons. The molecule has 0 unspecified atom stereocenters. The highest BCUT2D eigenvalue weighted by atomic mass is 16.1. The molecule has 0 aromatic carbocycles.